The highest BCUT2D eigenvalue weighted by Gasteiger charge is 2.31. The molecular weight excluding hydrogens is 313 g/mol. The Morgan fingerprint density at radius 1 is 1.39 bits per heavy atom. The van der Waals surface area contributed by atoms with Crippen molar-refractivity contribution in [3.8, 4) is 11.1 Å². The summed E-state index contributed by atoms with van der Waals surface area (Å²) in [4.78, 5) is 15.8. The monoisotopic (exact) mass is 333 g/mol. The van der Waals surface area contributed by atoms with Crippen molar-refractivity contribution in [2.24, 2.45) is 5.92 Å². The number of aliphatic hydroxyl groups is 1. The van der Waals surface area contributed by atoms with Gasteiger partial charge in [-0.2, -0.15) is 0 Å². The predicted molar refractivity (Wildman–Crippen MR) is 90.1 cm³/mol. The number of carbonyl (C=O) groups excluding carboxylic acids is 1. The summed E-state index contributed by atoms with van der Waals surface area (Å²) in [6.07, 6.45) is 1.67. The minimum atomic E-state index is -0.429. The summed E-state index contributed by atoms with van der Waals surface area (Å²) >= 11 is 1.43. The van der Waals surface area contributed by atoms with Gasteiger partial charge in [0, 0.05) is 18.5 Å². The van der Waals surface area contributed by atoms with Crippen LogP contribution in [-0.4, -0.2) is 35.6 Å². The molecule has 1 heterocycles. The number of halogens is 1. The van der Waals surface area contributed by atoms with Crippen LogP contribution in [0.1, 0.15) is 27.4 Å². The van der Waals surface area contributed by atoms with Gasteiger partial charge in [0.25, 0.3) is 5.91 Å². The van der Waals surface area contributed by atoms with Crippen LogP contribution in [0, 0.1) is 18.7 Å². The molecule has 1 atom stereocenters. The molecule has 1 fully saturated rings. The topological polar surface area (TPSA) is 40.5 Å². The van der Waals surface area contributed by atoms with Crippen molar-refractivity contribution in [1.29, 1.82) is 0 Å². The summed E-state index contributed by atoms with van der Waals surface area (Å²) in [5.41, 5.74) is 1.86. The van der Waals surface area contributed by atoms with Crippen LogP contribution in [0.5, 0.6) is 0 Å². The van der Waals surface area contributed by atoms with Gasteiger partial charge in [-0.15, -0.1) is 11.3 Å². The fourth-order valence-electron chi connectivity index (χ4n) is 2.69. The average molecular weight is 333 g/mol. The van der Waals surface area contributed by atoms with Gasteiger partial charge in [-0.3, -0.25) is 4.79 Å². The van der Waals surface area contributed by atoms with E-state index in [9.17, 15) is 14.3 Å². The SMILES string of the molecule is Cc1sc(C(=O)N(C)C[C@@H](O)C2CC2)cc1-c1ccc(F)cc1. The summed E-state index contributed by atoms with van der Waals surface area (Å²) in [7, 11) is 1.72. The molecule has 1 amide bonds. The molecule has 0 unspecified atom stereocenters. The molecule has 1 N–H and O–H groups in total. The average Bonchev–Trinajstić information content (AvgIpc) is 3.30. The smallest absolute Gasteiger partial charge is 0.263 e. The molecule has 0 bridgehead atoms. The summed E-state index contributed by atoms with van der Waals surface area (Å²) < 4.78 is 13.1. The maximum Gasteiger partial charge on any atom is 0.263 e. The zero-order valence-corrected chi connectivity index (χ0v) is 14.1. The number of aryl methyl sites for hydroxylation is 1. The first-order chi connectivity index (χ1) is 11.0. The molecule has 23 heavy (non-hydrogen) atoms. The molecule has 0 saturated heterocycles. The van der Waals surface area contributed by atoms with E-state index in [4.69, 9.17) is 0 Å². The Bertz CT molecular complexity index is 706. The molecule has 0 spiro atoms. The number of nitrogens with zero attached hydrogens (tertiary/aromatic N) is 1. The number of hydrogen-bond acceptors (Lipinski definition) is 3. The van der Waals surface area contributed by atoms with E-state index in [0.29, 0.717) is 17.3 Å². The molecule has 0 radical (unpaired) electrons. The lowest BCUT2D eigenvalue weighted by Crippen LogP contribution is -2.34. The molecule has 1 aliphatic carbocycles. The first-order valence-electron chi connectivity index (χ1n) is 7.75. The Kier molecular flexibility index (Phi) is 4.50. The molecule has 1 aromatic carbocycles. The molecule has 0 aliphatic heterocycles. The Morgan fingerprint density at radius 2 is 2.04 bits per heavy atom. The highest BCUT2D eigenvalue weighted by molar-refractivity contribution is 7.14. The standard InChI is InChI=1S/C18H20FNO2S/c1-11-15(12-5-7-14(19)8-6-12)9-17(23-11)18(22)20(2)10-16(21)13-3-4-13/h5-9,13,16,21H,3-4,10H2,1-2H3/t16-/m1/s1. The molecule has 5 heteroatoms. The fourth-order valence-corrected chi connectivity index (χ4v) is 3.72. The summed E-state index contributed by atoms with van der Waals surface area (Å²) in [5, 5.41) is 9.99. The van der Waals surface area contributed by atoms with Gasteiger partial charge in [-0.25, -0.2) is 4.39 Å². The normalized spacial score (nSPS) is 15.5. The van der Waals surface area contributed by atoms with Crippen molar-refractivity contribution < 1.29 is 14.3 Å². The number of aliphatic hydroxyl groups excluding tert-OH is 1. The molecule has 3 nitrogen and oxygen atoms in total. The van der Waals surface area contributed by atoms with Gasteiger partial charge in [0.1, 0.15) is 5.82 Å². The number of benzene rings is 1. The van der Waals surface area contributed by atoms with Crippen molar-refractivity contribution in [3.05, 3.63) is 45.9 Å². The second-order valence-electron chi connectivity index (χ2n) is 6.18. The third-order valence-electron chi connectivity index (χ3n) is 4.26. The maximum absolute atomic E-state index is 13.1. The molecule has 3 rings (SSSR count). The summed E-state index contributed by atoms with van der Waals surface area (Å²) in [5.74, 6) is 0.00277. The Labute approximate surface area is 139 Å². The third-order valence-corrected chi connectivity index (χ3v) is 5.30. The second-order valence-corrected chi connectivity index (χ2v) is 7.43. The lowest BCUT2D eigenvalue weighted by atomic mass is 10.1. The van der Waals surface area contributed by atoms with Gasteiger partial charge in [0.2, 0.25) is 0 Å². The van der Waals surface area contributed by atoms with E-state index >= 15 is 0 Å². The van der Waals surface area contributed by atoms with Crippen molar-refractivity contribution >= 4 is 17.2 Å². The molecular formula is C18H20FNO2S. The van der Waals surface area contributed by atoms with Crippen LogP contribution in [-0.2, 0) is 0 Å². The highest BCUT2D eigenvalue weighted by Crippen LogP contribution is 2.34. The molecule has 2 aromatic rings. The van der Waals surface area contributed by atoms with Crippen LogP contribution < -0.4 is 0 Å². The van der Waals surface area contributed by atoms with Gasteiger partial charge < -0.3 is 10.0 Å². The van der Waals surface area contributed by atoms with Crippen LogP contribution in [0.3, 0.4) is 0 Å². The van der Waals surface area contributed by atoms with Crippen LogP contribution in [0.2, 0.25) is 0 Å². The zero-order valence-electron chi connectivity index (χ0n) is 13.3. The number of thiophene rings is 1. The van der Waals surface area contributed by atoms with Crippen LogP contribution >= 0.6 is 11.3 Å². The Morgan fingerprint density at radius 3 is 2.65 bits per heavy atom. The molecule has 1 aromatic heterocycles. The van der Waals surface area contributed by atoms with E-state index in [1.165, 1.54) is 23.5 Å². The fraction of sp³-hybridized carbons (Fsp3) is 0.389. The number of carbonyl (C=O) groups is 1. The van der Waals surface area contributed by atoms with Gasteiger partial charge in [0.05, 0.1) is 11.0 Å². The van der Waals surface area contributed by atoms with E-state index in [0.717, 1.165) is 28.8 Å². The number of rotatable bonds is 5. The minimum absolute atomic E-state index is 0.0776. The van der Waals surface area contributed by atoms with Gasteiger partial charge in [-0.05, 0) is 55.0 Å². The van der Waals surface area contributed by atoms with Crippen molar-refractivity contribution in [1.82, 2.24) is 4.90 Å². The van der Waals surface area contributed by atoms with E-state index < -0.39 is 6.10 Å². The Balaban J connectivity index is 1.76. The van der Waals surface area contributed by atoms with E-state index in [-0.39, 0.29) is 11.7 Å². The van der Waals surface area contributed by atoms with Crippen LogP contribution in [0.25, 0.3) is 11.1 Å². The van der Waals surface area contributed by atoms with Crippen molar-refractivity contribution in [2.75, 3.05) is 13.6 Å². The maximum atomic E-state index is 13.1. The lowest BCUT2D eigenvalue weighted by Gasteiger charge is -2.20. The first-order valence-corrected chi connectivity index (χ1v) is 8.57. The van der Waals surface area contributed by atoms with Gasteiger partial charge >= 0.3 is 0 Å². The van der Waals surface area contributed by atoms with Crippen LogP contribution in [0.15, 0.2) is 30.3 Å². The van der Waals surface area contributed by atoms with E-state index in [1.807, 2.05) is 13.0 Å². The third kappa shape index (κ3) is 3.62. The van der Waals surface area contributed by atoms with E-state index in [1.54, 1.807) is 24.1 Å². The summed E-state index contributed by atoms with van der Waals surface area (Å²) in [6.45, 7) is 2.32. The first kappa shape index (κ1) is 16.1. The number of hydrogen-bond donors (Lipinski definition) is 1. The molecule has 1 saturated carbocycles. The predicted octanol–water partition coefficient (Wildman–Crippen LogP) is 3.71. The second kappa shape index (κ2) is 6.42. The van der Waals surface area contributed by atoms with Crippen molar-refractivity contribution in [2.45, 2.75) is 25.9 Å². The summed E-state index contributed by atoms with van der Waals surface area (Å²) in [6, 6.07) is 8.14. The number of likely N-dealkylation sites (N-methyl/N-ethyl adjacent to an activating group) is 1. The minimum Gasteiger partial charge on any atom is -0.391 e. The van der Waals surface area contributed by atoms with Crippen molar-refractivity contribution in [3.63, 3.8) is 0 Å². The Hall–Kier alpha value is -1.72. The van der Waals surface area contributed by atoms with Gasteiger partial charge in [-0.1, -0.05) is 12.1 Å². The largest absolute Gasteiger partial charge is 0.391 e. The molecule has 122 valence electrons. The van der Waals surface area contributed by atoms with E-state index in [2.05, 4.69) is 0 Å². The quantitative estimate of drug-likeness (QED) is 0.906. The number of amides is 1. The van der Waals surface area contributed by atoms with Crippen LogP contribution in [0.4, 0.5) is 4.39 Å². The zero-order chi connectivity index (χ0) is 16.6. The highest BCUT2D eigenvalue weighted by atomic mass is 32.1. The lowest BCUT2D eigenvalue weighted by molar-refractivity contribution is 0.0649. The molecule has 1 aliphatic rings. The van der Waals surface area contributed by atoms with Gasteiger partial charge in [0.15, 0.2) is 0 Å².